The van der Waals surface area contributed by atoms with Crippen LogP contribution in [0, 0.1) is 5.92 Å². The Morgan fingerprint density at radius 1 is 1.29 bits per heavy atom. The molecule has 28 heavy (non-hydrogen) atoms. The fourth-order valence-corrected chi connectivity index (χ4v) is 4.19. The van der Waals surface area contributed by atoms with Crippen molar-refractivity contribution in [2.24, 2.45) is 11.7 Å². The van der Waals surface area contributed by atoms with E-state index in [-0.39, 0.29) is 41.4 Å². The predicted octanol–water partition coefficient (Wildman–Crippen LogP) is 2.23. The number of imide groups is 1. The first kappa shape index (κ1) is 20.1. The van der Waals surface area contributed by atoms with Crippen LogP contribution in [0.2, 0.25) is 0 Å². The van der Waals surface area contributed by atoms with Crippen LogP contribution in [0.1, 0.15) is 62.7 Å². The monoisotopic (exact) mass is 388 g/mol. The molecule has 0 bridgehead atoms. The molecule has 8 nitrogen and oxygen atoms in total. The molecule has 1 saturated heterocycles. The van der Waals surface area contributed by atoms with E-state index in [4.69, 9.17) is 10.5 Å². The number of hydrogen-bond donors (Lipinski definition) is 2. The van der Waals surface area contributed by atoms with Crippen LogP contribution in [0.3, 0.4) is 0 Å². The maximum absolute atomic E-state index is 12.8. The molecule has 0 aromatic carbocycles. The van der Waals surface area contributed by atoms with Crippen LogP contribution in [0.15, 0.2) is 18.3 Å². The van der Waals surface area contributed by atoms with Crippen molar-refractivity contribution >= 4 is 17.8 Å². The molecule has 1 atom stereocenters. The Hall–Kier alpha value is -2.64. The number of aromatic nitrogens is 1. The number of carbonyl (C=O) groups is 3. The molecule has 3 N–H and O–H groups in total. The van der Waals surface area contributed by atoms with Crippen molar-refractivity contribution in [2.75, 3.05) is 0 Å². The van der Waals surface area contributed by atoms with Crippen molar-refractivity contribution in [2.45, 2.75) is 70.6 Å². The molecule has 1 saturated carbocycles. The van der Waals surface area contributed by atoms with Gasteiger partial charge in [-0.05, 0) is 43.7 Å². The topological polar surface area (TPSA) is 115 Å². The highest BCUT2D eigenvalue weighted by molar-refractivity contribution is 6.04. The van der Waals surface area contributed by atoms with Crippen molar-refractivity contribution in [1.29, 1.82) is 0 Å². The average molecular weight is 388 g/mol. The van der Waals surface area contributed by atoms with Gasteiger partial charge in [-0.25, -0.2) is 9.78 Å². The lowest BCUT2D eigenvalue weighted by Gasteiger charge is -2.33. The molecule has 0 spiro atoms. The van der Waals surface area contributed by atoms with Gasteiger partial charge in [0.05, 0.1) is 0 Å². The summed E-state index contributed by atoms with van der Waals surface area (Å²) in [4.78, 5) is 42.3. The zero-order chi connectivity index (χ0) is 20.3. The van der Waals surface area contributed by atoms with E-state index in [2.05, 4.69) is 10.3 Å². The summed E-state index contributed by atoms with van der Waals surface area (Å²) in [5.41, 5.74) is 5.62. The summed E-state index contributed by atoms with van der Waals surface area (Å²) in [7, 11) is 0. The Labute approximate surface area is 164 Å². The van der Waals surface area contributed by atoms with Gasteiger partial charge in [0.25, 0.3) is 11.8 Å². The Morgan fingerprint density at radius 2 is 1.96 bits per heavy atom. The SMILES string of the molecule is CCC(CC)C1NC(=O)N(C2CCC(Oc3ncccc3C(N)=O)CC2)C1=O. The molecular weight excluding hydrogens is 360 g/mol. The molecule has 4 amide bonds. The lowest BCUT2D eigenvalue weighted by atomic mass is 9.90. The second-order valence-corrected chi connectivity index (χ2v) is 7.48. The summed E-state index contributed by atoms with van der Waals surface area (Å²) in [6.45, 7) is 4.08. The van der Waals surface area contributed by atoms with E-state index in [1.54, 1.807) is 18.3 Å². The largest absolute Gasteiger partial charge is 0.474 e. The molecule has 1 aliphatic heterocycles. The molecule has 1 unspecified atom stereocenters. The molecule has 1 aromatic rings. The van der Waals surface area contributed by atoms with Crippen LogP contribution >= 0.6 is 0 Å². The van der Waals surface area contributed by atoms with Gasteiger partial charge in [0.2, 0.25) is 5.88 Å². The molecule has 8 heteroatoms. The van der Waals surface area contributed by atoms with Crippen LogP contribution in [-0.2, 0) is 4.79 Å². The third kappa shape index (κ3) is 3.95. The van der Waals surface area contributed by atoms with Crippen molar-refractivity contribution in [3.63, 3.8) is 0 Å². The fraction of sp³-hybridized carbons (Fsp3) is 0.600. The first-order valence-corrected chi connectivity index (χ1v) is 10.0. The fourth-order valence-electron chi connectivity index (χ4n) is 4.19. The van der Waals surface area contributed by atoms with Crippen molar-refractivity contribution in [3.8, 4) is 5.88 Å². The van der Waals surface area contributed by atoms with Gasteiger partial charge in [-0.3, -0.25) is 14.5 Å². The van der Waals surface area contributed by atoms with Crippen molar-refractivity contribution < 1.29 is 19.1 Å². The minimum absolute atomic E-state index is 0.108. The quantitative estimate of drug-likeness (QED) is 0.695. The Bertz CT molecular complexity index is 741. The van der Waals surface area contributed by atoms with Gasteiger partial charge in [0, 0.05) is 12.2 Å². The minimum atomic E-state index is -0.580. The van der Waals surface area contributed by atoms with Crippen LogP contribution in [-0.4, -0.2) is 45.9 Å². The number of hydrogen-bond acceptors (Lipinski definition) is 5. The molecule has 0 radical (unpaired) electrons. The molecule has 2 fully saturated rings. The van der Waals surface area contributed by atoms with Gasteiger partial charge in [0.1, 0.15) is 17.7 Å². The number of amides is 4. The first-order chi connectivity index (χ1) is 13.5. The number of nitrogens with two attached hydrogens (primary N) is 1. The Balaban J connectivity index is 1.61. The zero-order valence-electron chi connectivity index (χ0n) is 16.4. The van der Waals surface area contributed by atoms with Crippen LogP contribution in [0.5, 0.6) is 5.88 Å². The molecule has 2 heterocycles. The maximum atomic E-state index is 12.8. The Morgan fingerprint density at radius 3 is 2.57 bits per heavy atom. The summed E-state index contributed by atoms with van der Waals surface area (Å²) in [5.74, 6) is -0.285. The second kappa shape index (κ2) is 8.58. The van der Waals surface area contributed by atoms with Gasteiger partial charge >= 0.3 is 6.03 Å². The number of ether oxygens (including phenoxy) is 1. The van der Waals surface area contributed by atoms with E-state index < -0.39 is 11.9 Å². The highest BCUT2D eigenvalue weighted by atomic mass is 16.5. The lowest BCUT2D eigenvalue weighted by molar-refractivity contribution is -0.130. The van der Waals surface area contributed by atoms with Gasteiger partial charge in [-0.15, -0.1) is 0 Å². The summed E-state index contributed by atoms with van der Waals surface area (Å²) < 4.78 is 5.89. The van der Waals surface area contributed by atoms with Gasteiger partial charge in [0.15, 0.2) is 0 Å². The van der Waals surface area contributed by atoms with Crippen LogP contribution in [0.25, 0.3) is 0 Å². The third-order valence-corrected chi connectivity index (χ3v) is 5.85. The molecule has 3 rings (SSSR count). The van der Waals surface area contributed by atoms with Gasteiger partial charge in [-0.2, -0.15) is 0 Å². The number of pyridine rings is 1. The molecule has 152 valence electrons. The minimum Gasteiger partial charge on any atom is -0.474 e. The van der Waals surface area contributed by atoms with Crippen LogP contribution in [0.4, 0.5) is 4.79 Å². The Kier molecular flexibility index (Phi) is 6.16. The lowest BCUT2D eigenvalue weighted by Crippen LogP contribution is -2.44. The van der Waals surface area contributed by atoms with E-state index in [1.165, 1.54) is 4.90 Å². The average Bonchev–Trinajstić information content (AvgIpc) is 2.98. The highest BCUT2D eigenvalue weighted by Crippen LogP contribution is 2.30. The second-order valence-electron chi connectivity index (χ2n) is 7.48. The molecule has 2 aliphatic rings. The van der Waals surface area contributed by atoms with Gasteiger partial charge in [-0.1, -0.05) is 26.7 Å². The summed E-state index contributed by atoms with van der Waals surface area (Å²) in [6.07, 6.45) is 5.81. The molecule has 1 aliphatic carbocycles. The van der Waals surface area contributed by atoms with Crippen molar-refractivity contribution in [1.82, 2.24) is 15.2 Å². The third-order valence-electron chi connectivity index (χ3n) is 5.85. The number of nitrogens with zero attached hydrogens (tertiary/aromatic N) is 2. The zero-order valence-corrected chi connectivity index (χ0v) is 16.4. The van der Waals surface area contributed by atoms with Gasteiger partial charge < -0.3 is 15.8 Å². The standard InChI is InChI=1S/C20H28N4O4/c1-3-12(4-2)16-19(26)24(20(27)23-16)13-7-9-14(10-8-13)28-18-15(17(21)25)6-5-11-22-18/h5-6,11-14,16H,3-4,7-10H2,1-2H3,(H2,21,25)(H,23,27). The van der Waals surface area contributed by atoms with Crippen molar-refractivity contribution in [3.05, 3.63) is 23.9 Å². The number of carbonyl (C=O) groups excluding carboxylic acids is 3. The van der Waals surface area contributed by atoms with Crippen LogP contribution < -0.4 is 15.8 Å². The molecule has 1 aromatic heterocycles. The highest BCUT2D eigenvalue weighted by Gasteiger charge is 2.45. The smallest absolute Gasteiger partial charge is 0.325 e. The number of nitrogens with one attached hydrogen (secondary N) is 1. The molecular formula is C20H28N4O4. The summed E-state index contributed by atoms with van der Waals surface area (Å²) in [6, 6.07) is 2.40. The van der Waals surface area contributed by atoms with E-state index in [1.807, 2.05) is 13.8 Å². The predicted molar refractivity (Wildman–Crippen MR) is 103 cm³/mol. The van der Waals surface area contributed by atoms with E-state index in [9.17, 15) is 14.4 Å². The van der Waals surface area contributed by atoms with E-state index in [0.29, 0.717) is 25.7 Å². The van der Waals surface area contributed by atoms with E-state index >= 15 is 0 Å². The first-order valence-electron chi connectivity index (χ1n) is 10.0. The number of urea groups is 1. The summed E-state index contributed by atoms with van der Waals surface area (Å²) >= 11 is 0. The normalized spacial score (nSPS) is 25.1. The number of primary amides is 1. The number of rotatable bonds is 7. The summed E-state index contributed by atoms with van der Waals surface area (Å²) in [5, 5.41) is 2.87. The maximum Gasteiger partial charge on any atom is 0.325 e. The van der Waals surface area contributed by atoms with E-state index in [0.717, 1.165) is 12.8 Å².